The van der Waals surface area contributed by atoms with Gasteiger partial charge in [-0.1, -0.05) is 18.2 Å². The Balaban J connectivity index is 2.54. The fourth-order valence-corrected chi connectivity index (χ4v) is 1.80. The van der Waals surface area contributed by atoms with E-state index in [4.69, 9.17) is 5.26 Å². The number of anilines is 1. The molecule has 1 aliphatic heterocycles. The van der Waals surface area contributed by atoms with Crippen molar-refractivity contribution in [2.45, 2.75) is 6.92 Å². The zero-order valence-corrected chi connectivity index (χ0v) is 8.40. The SMILES string of the molecule is CC(=O)N1C/C(=C/C#N)c2ccccc21. The van der Waals surface area contributed by atoms with Crippen LogP contribution in [-0.4, -0.2) is 12.5 Å². The Labute approximate surface area is 88.2 Å². The van der Waals surface area contributed by atoms with Crippen LogP contribution in [0, 0.1) is 11.3 Å². The molecule has 1 amide bonds. The lowest BCUT2D eigenvalue weighted by Crippen LogP contribution is -2.25. The van der Waals surface area contributed by atoms with Gasteiger partial charge in [0.05, 0.1) is 18.3 Å². The molecular formula is C12H10N2O. The van der Waals surface area contributed by atoms with E-state index in [1.54, 1.807) is 4.90 Å². The number of carbonyl (C=O) groups is 1. The average Bonchev–Trinajstić information content (AvgIpc) is 2.59. The Hall–Kier alpha value is -2.08. The minimum Gasteiger partial charge on any atom is -0.308 e. The lowest BCUT2D eigenvalue weighted by atomic mass is 10.1. The fraction of sp³-hybridized carbons (Fsp3) is 0.167. The van der Waals surface area contributed by atoms with Crippen LogP contribution >= 0.6 is 0 Å². The van der Waals surface area contributed by atoms with Crippen LogP contribution in [0.3, 0.4) is 0 Å². The number of benzene rings is 1. The summed E-state index contributed by atoms with van der Waals surface area (Å²) in [7, 11) is 0. The second-order valence-corrected chi connectivity index (χ2v) is 3.42. The number of para-hydroxylation sites is 1. The number of nitrogens with zero attached hydrogens (tertiary/aromatic N) is 2. The maximum Gasteiger partial charge on any atom is 0.224 e. The molecule has 15 heavy (non-hydrogen) atoms. The Morgan fingerprint density at radius 1 is 1.53 bits per heavy atom. The molecule has 0 saturated carbocycles. The standard InChI is InChI=1S/C12H10N2O/c1-9(15)14-8-10(6-7-13)11-4-2-3-5-12(11)14/h2-6H,8H2,1H3/b10-6-. The minimum absolute atomic E-state index is 0.00351. The maximum absolute atomic E-state index is 11.4. The number of allylic oxidation sites excluding steroid dienone is 1. The first-order chi connectivity index (χ1) is 7.24. The van der Waals surface area contributed by atoms with Gasteiger partial charge >= 0.3 is 0 Å². The van der Waals surface area contributed by atoms with E-state index >= 15 is 0 Å². The van der Waals surface area contributed by atoms with Crippen LogP contribution in [0.1, 0.15) is 12.5 Å². The molecule has 0 radical (unpaired) electrons. The van der Waals surface area contributed by atoms with Crippen molar-refractivity contribution in [1.29, 1.82) is 5.26 Å². The van der Waals surface area contributed by atoms with Gasteiger partial charge in [0.25, 0.3) is 0 Å². The number of nitriles is 1. The molecule has 3 nitrogen and oxygen atoms in total. The van der Waals surface area contributed by atoms with Gasteiger partial charge < -0.3 is 4.90 Å². The van der Waals surface area contributed by atoms with Crippen LogP contribution in [0.15, 0.2) is 30.3 Å². The zero-order chi connectivity index (χ0) is 10.8. The largest absolute Gasteiger partial charge is 0.308 e. The van der Waals surface area contributed by atoms with E-state index in [1.165, 1.54) is 13.0 Å². The number of carbonyl (C=O) groups excluding carboxylic acids is 1. The summed E-state index contributed by atoms with van der Waals surface area (Å²) < 4.78 is 0. The van der Waals surface area contributed by atoms with Crippen molar-refractivity contribution in [3.63, 3.8) is 0 Å². The van der Waals surface area contributed by atoms with E-state index in [-0.39, 0.29) is 5.91 Å². The molecule has 3 heteroatoms. The van der Waals surface area contributed by atoms with Gasteiger partial charge in [-0.2, -0.15) is 5.26 Å². The Morgan fingerprint density at radius 3 is 2.93 bits per heavy atom. The van der Waals surface area contributed by atoms with Gasteiger partial charge in [-0.25, -0.2) is 0 Å². The molecular weight excluding hydrogens is 188 g/mol. The van der Waals surface area contributed by atoms with Crippen molar-refractivity contribution in [2.24, 2.45) is 0 Å². The second kappa shape index (κ2) is 3.58. The topological polar surface area (TPSA) is 44.1 Å². The Kier molecular flexibility index (Phi) is 2.26. The summed E-state index contributed by atoms with van der Waals surface area (Å²) in [6.07, 6.45) is 1.50. The molecule has 1 heterocycles. The number of amides is 1. The highest BCUT2D eigenvalue weighted by atomic mass is 16.2. The fourth-order valence-electron chi connectivity index (χ4n) is 1.80. The first-order valence-corrected chi connectivity index (χ1v) is 4.70. The minimum atomic E-state index is 0.00351. The summed E-state index contributed by atoms with van der Waals surface area (Å²) in [6, 6.07) is 9.64. The van der Waals surface area contributed by atoms with Crippen molar-refractivity contribution in [3.8, 4) is 6.07 Å². The molecule has 0 fully saturated rings. The van der Waals surface area contributed by atoms with Gasteiger partial charge in [-0.3, -0.25) is 4.79 Å². The van der Waals surface area contributed by atoms with Crippen LogP contribution in [0.5, 0.6) is 0 Å². The highest BCUT2D eigenvalue weighted by Gasteiger charge is 2.25. The van der Waals surface area contributed by atoms with E-state index in [9.17, 15) is 4.79 Å². The van der Waals surface area contributed by atoms with E-state index in [0.717, 1.165) is 16.8 Å². The molecule has 74 valence electrons. The summed E-state index contributed by atoms with van der Waals surface area (Å²) in [5.74, 6) is 0.00351. The van der Waals surface area contributed by atoms with Crippen LogP contribution in [0.25, 0.3) is 5.57 Å². The quantitative estimate of drug-likeness (QED) is 0.598. The van der Waals surface area contributed by atoms with Crippen LogP contribution in [0.4, 0.5) is 5.69 Å². The van der Waals surface area contributed by atoms with Crippen LogP contribution in [0.2, 0.25) is 0 Å². The monoisotopic (exact) mass is 198 g/mol. The number of hydrogen-bond acceptors (Lipinski definition) is 2. The number of rotatable bonds is 0. The molecule has 0 bridgehead atoms. The summed E-state index contributed by atoms with van der Waals surface area (Å²) in [6.45, 7) is 2.04. The molecule has 0 atom stereocenters. The molecule has 0 unspecified atom stereocenters. The summed E-state index contributed by atoms with van der Waals surface area (Å²) >= 11 is 0. The van der Waals surface area contributed by atoms with Crippen LogP contribution < -0.4 is 4.90 Å². The second-order valence-electron chi connectivity index (χ2n) is 3.42. The van der Waals surface area contributed by atoms with E-state index in [1.807, 2.05) is 30.3 Å². The summed E-state index contributed by atoms with van der Waals surface area (Å²) in [5.41, 5.74) is 2.78. The van der Waals surface area contributed by atoms with Crippen molar-refractivity contribution < 1.29 is 4.79 Å². The summed E-state index contributed by atoms with van der Waals surface area (Å²) in [5, 5.41) is 8.65. The molecule has 0 aromatic heterocycles. The van der Waals surface area contributed by atoms with Crippen molar-refractivity contribution >= 4 is 17.2 Å². The van der Waals surface area contributed by atoms with Crippen LogP contribution in [-0.2, 0) is 4.79 Å². The van der Waals surface area contributed by atoms with Gasteiger partial charge in [-0.15, -0.1) is 0 Å². The van der Waals surface area contributed by atoms with E-state index in [2.05, 4.69) is 0 Å². The van der Waals surface area contributed by atoms with Crippen molar-refractivity contribution in [2.75, 3.05) is 11.4 Å². The average molecular weight is 198 g/mol. The first-order valence-electron chi connectivity index (χ1n) is 4.70. The third kappa shape index (κ3) is 1.50. The third-order valence-corrected chi connectivity index (χ3v) is 2.49. The lowest BCUT2D eigenvalue weighted by molar-refractivity contribution is -0.116. The molecule has 0 spiro atoms. The lowest BCUT2D eigenvalue weighted by Gasteiger charge is -2.13. The first kappa shape index (κ1) is 9.47. The van der Waals surface area contributed by atoms with Gasteiger partial charge in [0.2, 0.25) is 5.91 Å². The molecule has 1 aliphatic rings. The highest BCUT2D eigenvalue weighted by molar-refractivity contribution is 6.02. The molecule has 0 saturated heterocycles. The normalized spacial score (nSPS) is 16.3. The van der Waals surface area contributed by atoms with Gasteiger partial charge in [0.15, 0.2) is 0 Å². The maximum atomic E-state index is 11.4. The Morgan fingerprint density at radius 2 is 2.27 bits per heavy atom. The van der Waals surface area contributed by atoms with Gasteiger partial charge in [-0.05, 0) is 11.6 Å². The van der Waals surface area contributed by atoms with E-state index in [0.29, 0.717) is 6.54 Å². The molecule has 0 N–H and O–H groups in total. The van der Waals surface area contributed by atoms with Gasteiger partial charge in [0, 0.05) is 18.6 Å². The predicted octanol–water partition coefficient (Wildman–Crippen LogP) is 1.96. The number of fused-ring (bicyclic) bond motifs is 1. The van der Waals surface area contributed by atoms with Crippen molar-refractivity contribution in [3.05, 3.63) is 35.9 Å². The third-order valence-electron chi connectivity index (χ3n) is 2.49. The van der Waals surface area contributed by atoms with Crippen molar-refractivity contribution in [1.82, 2.24) is 0 Å². The van der Waals surface area contributed by atoms with Gasteiger partial charge in [0.1, 0.15) is 0 Å². The molecule has 0 aliphatic carbocycles. The molecule has 2 rings (SSSR count). The predicted molar refractivity (Wildman–Crippen MR) is 58.1 cm³/mol. The zero-order valence-electron chi connectivity index (χ0n) is 8.40. The number of hydrogen-bond donors (Lipinski definition) is 0. The smallest absolute Gasteiger partial charge is 0.224 e. The van der Waals surface area contributed by atoms with E-state index < -0.39 is 0 Å². The highest BCUT2D eigenvalue weighted by Crippen LogP contribution is 2.34. The molecule has 1 aromatic carbocycles. The Bertz CT molecular complexity index is 483. The summed E-state index contributed by atoms with van der Waals surface area (Å²) in [4.78, 5) is 13.1. The molecule has 1 aromatic rings.